The molecule has 0 heterocycles. The van der Waals surface area contributed by atoms with Crippen LogP contribution in [0.2, 0.25) is 0 Å². The van der Waals surface area contributed by atoms with Crippen molar-refractivity contribution in [1.29, 1.82) is 0 Å². The predicted octanol–water partition coefficient (Wildman–Crippen LogP) is 2.37. The molecule has 3 atom stereocenters. The van der Waals surface area contributed by atoms with Gasteiger partial charge in [-0.2, -0.15) is 0 Å². The molecule has 2 rings (SSSR count). The summed E-state index contributed by atoms with van der Waals surface area (Å²) in [5, 5.41) is 0. The van der Waals surface area contributed by atoms with Crippen LogP contribution in [0.15, 0.2) is 0 Å². The molecule has 2 nitrogen and oxygen atoms in total. The molecule has 74 valence electrons. The average Bonchev–Trinajstić information content (AvgIpc) is 2.53. The topological polar surface area (TPSA) is 26.3 Å². The minimum atomic E-state index is -0.120. The van der Waals surface area contributed by atoms with Gasteiger partial charge in [-0.05, 0) is 31.1 Å². The first-order valence-corrected chi connectivity index (χ1v) is 5.19. The Morgan fingerprint density at radius 3 is 2.54 bits per heavy atom. The number of hydrogen-bond acceptors (Lipinski definition) is 2. The van der Waals surface area contributed by atoms with E-state index in [1.165, 1.54) is 26.2 Å². The summed E-state index contributed by atoms with van der Waals surface area (Å²) in [4.78, 5) is 10.9. The molecule has 2 unspecified atom stereocenters. The summed E-state index contributed by atoms with van der Waals surface area (Å²) in [5.41, 5.74) is 0.217. The van der Waals surface area contributed by atoms with E-state index in [1.807, 2.05) is 0 Å². The zero-order valence-electron chi connectivity index (χ0n) is 8.67. The van der Waals surface area contributed by atoms with E-state index < -0.39 is 0 Å². The standard InChI is InChI=1S/C11H18O2/c1-7(12)13-10-8-4-5-9(6-8)11(10,2)3/h8-10H,4-6H2,1-3H3/t8?,9?,10-/m1/s1. The average molecular weight is 182 g/mol. The Kier molecular flexibility index (Phi) is 1.90. The summed E-state index contributed by atoms with van der Waals surface area (Å²) >= 11 is 0. The van der Waals surface area contributed by atoms with Crippen molar-refractivity contribution in [2.24, 2.45) is 17.3 Å². The zero-order valence-corrected chi connectivity index (χ0v) is 8.67. The van der Waals surface area contributed by atoms with Crippen LogP contribution in [0, 0.1) is 17.3 Å². The summed E-state index contributed by atoms with van der Waals surface area (Å²) in [7, 11) is 0. The molecule has 0 aromatic rings. The number of carbonyl (C=O) groups is 1. The van der Waals surface area contributed by atoms with E-state index >= 15 is 0 Å². The molecule has 2 fully saturated rings. The van der Waals surface area contributed by atoms with Gasteiger partial charge in [-0.3, -0.25) is 4.79 Å². The van der Waals surface area contributed by atoms with Crippen molar-refractivity contribution in [2.45, 2.75) is 46.1 Å². The number of ether oxygens (including phenoxy) is 1. The highest BCUT2D eigenvalue weighted by Gasteiger charge is 2.54. The van der Waals surface area contributed by atoms with Crippen LogP contribution in [0.5, 0.6) is 0 Å². The monoisotopic (exact) mass is 182 g/mol. The number of fused-ring (bicyclic) bond motifs is 2. The number of rotatable bonds is 1. The first-order chi connectivity index (χ1) is 6.01. The second kappa shape index (κ2) is 2.73. The minimum Gasteiger partial charge on any atom is -0.462 e. The second-order valence-electron chi connectivity index (χ2n) is 5.12. The van der Waals surface area contributed by atoms with Gasteiger partial charge in [0.15, 0.2) is 0 Å². The summed E-state index contributed by atoms with van der Waals surface area (Å²) in [6.45, 7) is 6.00. The fraction of sp³-hybridized carbons (Fsp3) is 0.909. The summed E-state index contributed by atoms with van der Waals surface area (Å²) in [6, 6.07) is 0. The Hall–Kier alpha value is -0.530. The van der Waals surface area contributed by atoms with E-state index in [9.17, 15) is 4.79 Å². The van der Waals surface area contributed by atoms with E-state index in [2.05, 4.69) is 13.8 Å². The Labute approximate surface area is 79.7 Å². The van der Waals surface area contributed by atoms with Crippen molar-refractivity contribution in [3.63, 3.8) is 0 Å². The van der Waals surface area contributed by atoms with Crippen LogP contribution in [-0.2, 0) is 9.53 Å². The molecule has 2 bridgehead atoms. The Bertz CT molecular complexity index is 232. The van der Waals surface area contributed by atoms with Crippen molar-refractivity contribution in [3.8, 4) is 0 Å². The number of hydrogen-bond donors (Lipinski definition) is 0. The van der Waals surface area contributed by atoms with E-state index in [4.69, 9.17) is 4.74 Å². The lowest BCUT2D eigenvalue weighted by Crippen LogP contribution is -2.38. The van der Waals surface area contributed by atoms with Crippen molar-refractivity contribution >= 4 is 5.97 Å². The highest BCUT2D eigenvalue weighted by Crippen LogP contribution is 2.56. The molecular weight excluding hydrogens is 164 g/mol. The van der Waals surface area contributed by atoms with Gasteiger partial charge in [-0.15, -0.1) is 0 Å². The predicted molar refractivity (Wildman–Crippen MR) is 50.2 cm³/mol. The zero-order chi connectivity index (χ0) is 9.64. The molecular formula is C11H18O2. The molecule has 2 heteroatoms. The molecule has 2 aliphatic rings. The van der Waals surface area contributed by atoms with Gasteiger partial charge in [0.05, 0.1) is 0 Å². The first kappa shape index (κ1) is 9.04. The maximum absolute atomic E-state index is 10.9. The van der Waals surface area contributed by atoms with Crippen LogP contribution >= 0.6 is 0 Å². The van der Waals surface area contributed by atoms with Crippen molar-refractivity contribution in [2.75, 3.05) is 0 Å². The van der Waals surface area contributed by atoms with Gasteiger partial charge in [0.2, 0.25) is 0 Å². The maximum atomic E-state index is 10.9. The van der Waals surface area contributed by atoms with Crippen LogP contribution in [0.1, 0.15) is 40.0 Å². The first-order valence-electron chi connectivity index (χ1n) is 5.19. The Balaban J connectivity index is 2.14. The molecule has 0 aliphatic heterocycles. The molecule has 0 amide bonds. The van der Waals surface area contributed by atoms with Gasteiger partial charge >= 0.3 is 5.97 Å². The highest BCUT2D eigenvalue weighted by molar-refractivity contribution is 5.66. The fourth-order valence-corrected chi connectivity index (χ4v) is 3.23. The summed E-state index contributed by atoms with van der Waals surface area (Å²) in [6.07, 6.45) is 4.04. The largest absolute Gasteiger partial charge is 0.462 e. The van der Waals surface area contributed by atoms with Crippen molar-refractivity contribution in [1.82, 2.24) is 0 Å². The number of esters is 1. The molecule has 2 aliphatic carbocycles. The lowest BCUT2D eigenvalue weighted by atomic mass is 9.74. The van der Waals surface area contributed by atoms with Crippen LogP contribution < -0.4 is 0 Å². The second-order valence-corrected chi connectivity index (χ2v) is 5.12. The molecule has 0 N–H and O–H groups in total. The molecule has 0 spiro atoms. The molecule has 0 saturated heterocycles. The highest BCUT2D eigenvalue weighted by atomic mass is 16.5. The Morgan fingerprint density at radius 1 is 1.38 bits per heavy atom. The van der Waals surface area contributed by atoms with Gasteiger partial charge in [0.1, 0.15) is 6.10 Å². The van der Waals surface area contributed by atoms with E-state index in [0.29, 0.717) is 5.92 Å². The van der Waals surface area contributed by atoms with Crippen LogP contribution in [-0.4, -0.2) is 12.1 Å². The van der Waals surface area contributed by atoms with Crippen LogP contribution in [0.4, 0.5) is 0 Å². The molecule has 0 aromatic carbocycles. The third-order valence-electron chi connectivity index (χ3n) is 3.98. The van der Waals surface area contributed by atoms with Gasteiger partial charge in [-0.1, -0.05) is 13.8 Å². The third kappa shape index (κ3) is 1.27. The lowest BCUT2D eigenvalue weighted by molar-refractivity contribution is -0.156. The van der Waals surface area contributed by atoms with E-state index in [0.717, 1.165) is 5.92 Å². The fourth-order valence-electron chi connectivity index (χ4n) is 3.23. The summed E-state index contributed by atoms with van der Waals surface area (Å²) in [5.74, 6) is 1.30. The maximum Gasteiger partial charge on any atom is 0.302 e. The van der Waals surface area contributed by atoms with Crippen molar-refractivity contribution in [3.05, 3.63) is 0 Å². The third-order valence-corrected chi connectivity index (χ3v) is 3.98. The minimum absolute atomic E-state index is 0.120. The molecule has 13 heavy (non-hydrogen) atoms. The normalized spacial score (nSPS) is 40.7. The number of carbonyl (C=O) groups excluding carboxylic acids is 1. The SMILES string of the molecule is CC(=O)O[C@@H]1C2CCC(C2)C1(C)C. The molecule has 2 saturated carbocycles. The van der Waals surface area contributed by atoms with Gasteiger partial charge in [0, 0.05) is 12.3 Å². The van der Waals surface area contributed by atoms with Crippen LogP contribution in [0.25, 0.3) is 0 Å². The van der Waals surface area contributed by atoms with Crippen molar-refractivity contribution < 1.29 is 9.53 Å². The van der Waals surface area contributed by atoms with Gasteiger partial charge in [-0.25, -0.2) is 0 Å². The van der Waals surface area contributed by atoms with Crippen LogP contribution in [0.3, 0.4) is 0 Å². The van der Waals surface area contributed by atoms with Gasteiger partial charge < -0.3 is 4.74 Å². The smallest absolute Gasteiger partial charge is 0.302 e. The quantitative estimate of drug-likeness (QED) is 0.582. The van der Waals surface area contributed by atoms with Gasteiger partial charge in [0.25, 0.3) is 0 Å². The summed E-state index contributed by atoms with van der Waals surface area (Å²) < 4.78 is 5.42. The molecule has 0 aromatic heterocycles. The lowest BCUT2D eigenvalue weighted by Gasteiger charge is -2.37. The Morgan fingerprint density at radius 2 is 2.08 bits per heavy atom. The van der Waals surface area contributed by atoms with E-state index in [1.54, 1.807) is 0 Å². The molecule has 0 radical (unpaired) electrons. The van der Waals surface area contributed by atoms with E-state index in [-0.39, 0.29) is 17.5 Å².